The van der Waals surface area contributed by atoms with E-state index in [1.165, 1.54) is 32.1 Å². The molecule has 0 radical (unpaired) electrons. The van der Waals surface area contributed by atoms with E-state index in [0.29, 0.717) is 6.42 Å². The SMILES string of the molecule is CCCCCCCc1cc(S(=O)(=O)[O-])c(CCCCCCC)c2ccccc12.[K+]. The minimum Gasteiger partial charge on any atom is -0.744 e. The molecule has 0 spiro atoms. The Bertz CT molecular complexity index is 847. The third kappa shape index (κ3) is 8.72. The summed E-state index contributed by atoms with van der Waals surface area (Å²) in [5, 5.41) is 2.05. The Hall–Kier alpha value is 0.246. The second-order valence-corrected chi connectivity index (χ2v) is 9.19. The molecule has 0 fully saturated rings. The van der Waals surface area contributed by atoms with Crippen LogP contribution in [0.2, 0.25) is 0 Å². The number of aryl methyl sites for hydroxylation is 2. The predicted octanol–water partition coefficient (Wildman–Crippen LogP) is 3.77. The van der Waals surface area contributed by atoms with Crippen molar-refractivity contribution in [3.05, 3.63) is 41.5 Å². The Balaban J connectivity index is 0.00000420. The van der Waals surface area contributed by atoms with Crippen LogP contribution >= 0.6 is 0 Å². The molecule has 0 aliphatic rings. The summed E-state index contributed by atoms with van der Waals surface area (Å²) in [6, 6.07) is 9.66. The molecule has 0 unspecified atom stereocenters. The molecule has 0 saturated heterocycles. The minimum absolute atomic E-state index is 0. The van der Waals surface area contributed by atoms with Crippen LogP contribution in [-0.4, -0.2) is 13.0 Å². The van der Waals surface area contributed by atoms with E-state index in [1.807, 2.05) is 18.2 Å². The molecular formula is C24H35KO3S. The predicted molar refractivity (Wildman–Crippen MR) is 117 cm³/mol. The summed E-state index contributed by atoms with van der Waals surface area (Å²) in [5.41, 5.74) is 1.72. The maximum atomic E-state index is 12.0. The van der Waals surface area contributed by atoms with Crippen molar-refractivity contribution < 1.29 is 64.4 Å². The first-order valence-corrected chi connectivity index (χ1v) is 12.4. The van der Waals surface area contributed by atoms with Gasteiger partial charge in [-0.3, -0.25) is 0 Å². The van der Waals surface area contributed by atoms with E-state index < -0.39 is 10.1 Å². The summed E-state index contributed by atoms with van der Waals surface area (Å²) < 4.78 is 36.1. The molecule has 2 aromatic carbocycles. The van der Waals surface area contributed by atoms with Gasteiger partial charge in [-0.2, -0.15) is 0 Å². The van der Waals surface area contributed by atoms with Crippen LogP contribution in [0.5, 0.6) is 0 Å². The molecule has 0 atom stereocenters. The molecule has 2 rings (SSSR count). The summed E-state index contributed by atoms with van der Waals surface area (Å²) in [5.74, 6) is 0. The zero-order valence-electron chi connectivity index (χ0n) is 18.5. The normalized spacial score (nSPS) is 11.6. The summed E-state index contributed by atoms with van der Waals surface area (Å²) in [6.07, 6.45) is 12.8. The van der Waals surface area contributed by atoms with Crippen molar-refractivity contribution in [3.8, 4) is 0 Å². The summed E-state index contributed by atoms with van der Waals surface area (Å²) >= 11 is 0. The molecule has 0 amide bonds. The van der Waals surface area contributed by atoms with Gasteiger partial charge in [-0.1, -0.05) is 89.5 Å². The number of rotatable bonds is 13. The summed E-state index contributed by atoms with van der Waals surface area (Å²) in [6.45, 7) is 4.37. The molecule has 0 aliphatic carbocycles. The van der Waals surface area contributed by atoms with E-state index >= 15 is 0 Å². The number of benzene rings is 2. The molecule has 2 aromatic rings. The summed E-state index contributed by atoms with van der Waals surface area (Å²) in [4.78, 5) is 0.00486. The molecule has 0 aliphatic heterocycles. The van der Waals surface area contributed by atoms with Crippen LogP contribution in [0.4, 0.5) is 0 Å². The van der Waals surface area contributed by atoms with Crippen LogP contribution in [0.15, 0.2) is 35.2 Å². The van der Waals surface area contributed by atoms with Gasteiger partial charge in [0.2, 0.25) is 0 Å². The largest absolute Gasteiger partial charge is 1.00 e. The van der Waals surface area contributed by atoms with E-state index in [0.717, 1.165) is 60.4 Å². The maximum absolute atomic E-state index is 12.0. The minimum atomic E-state index is -4.48. The molecular weight excluding hydrogens is 407 g/mol. The smallest absolute Gasteiger partial charge is 0.744 e. The van der Waals surface area contributed by atoms with Gasteiger partial charge in [0, 0.05) is 0 Å². The van der Waals surface area contributed by atoms with Crippen molar-refractivity contribution in [2.75, 3.05) is 0 Å². The topological polar surface area (TPSA) is 57.2 Å². The van der Waals surface area contributed by atoms with Crippen molar-refractivity contribution in [3.63, 3.8) is 0 Å². The van der Waals surface area contributed by atoms with E-state index in [4.69, 9.17) is 0 Å². The fourth-order valence-corrected chi connectivity index (χ4v) is 4.79. The quantitative estimate of drug-likeness (QED) is 0.269. The van der Waals surface area contributed by atoms with E-state index in [-0.39, 0.29) is 56.3 Å². The Morgan fingerprint density at radius 3 is 1.83 bits per heavy atom. The Morgan fingerprint density at radius 1 is 0.759 bits per heavy atom. The zero-order chi connectivity index (χ0) is 20.4. The number of hydrogen-bond acceptors (Lipinski definition) is 3. The van der Waals surface area contributed by atoms with Crippen molar-refractivity contribution in [2.45, 2.75) is 95.8 Å². The number of hydrogen-bond donors (Lipinski definition) is 0. The van der Waals surface area contributed by atoms with Gasteiger partial charge in [-0.05, 0) is 53.6 Å². The van der Waals surface area contributed by atoms with Crippen LogP contribution < -0.4 is 51.4 Å². The molecule has 29 heavy (non-hydrogen) atoms. The second kappa shape index (κ2) is 14.3. The molecule has 0 aromatic heterocycles. The van der Waals surface area contributed by atoms with E-state index in [9.17, 15) is 13.0 Å². The van der Waals surface area contributed by atoms with Gasteiger partial charge in [0.05, 0.1) is 4.90 Å². The summed E-state index contributed by atoms with van der Waals surface area (Å²) in [7, 11) is -4.48. The van der Waals surface area contributed by atoms with E-state index in [1.54, 1.807) is 6.07 Å². The maximum Gasteiger partial charge on any atom is 1.00 e. The Morgan fingerprint density at radius 2 is 1.28 bits per heavy atom. The van der Waals surface area contributed by atoms with Crippen molar-refractivity contribution >= 4 is 20.9 Å². The molecule has 0 N–H and O–H groups in total. The van der Waals surface area contributed by atoms with Gasteiger partial charge in [0.1, 0.15) is 10.1 Å². The monoisotopic (exact) mass is 442 g/mol. The van der Waals surface area contributed by atoms with Crippen LogP contribution in [0.1, 0.15) is 89.2 Å². The van der Waals surface area contributed by atoms with Gasteiger partial charge in [-0.15, -0.1) is 0 Å². The third-order valence-electron chi connectivity index (χ3n) is 5.55. The standard InChI is InChI=1S/C24H36O3S.K/c1-3-5-7-9-11-15-20-19-24(28(25,26)27)23(18-12-10-8-6-4-2)22-17-14-13-16-21(20)22;/h13-14,16-17,19H,3-12,15,18H2,1-2H3,(H,25,26,27);/q;+1/p-1. The van der Waals surface area contributed by atoms with E-state index in [2.05, 4.69) is 19.9 Å². The Kier molecular flexibility index (Phi) is 13.5. The van der Waals surface area contributed by atoms with Crippen molar-refractivity contribution in [1.29, 1.82) is 0 Å². The first kappa shape index (κ1) is 27.3. The molecule has 0 bridgehead atoms. The molecule has 3 nitrogen and oxygen atoms in total. The number of fused-ring (bicyclic) bond motifs is 1. The average Bonchev–Trinajstić information content (AvgIpc) is 2.67. The van der Waals surface area contributed by atoms with Gasteiger partial charge < -0.3 is 4.55 Å². The first-order chi connectivity index (χ1) is 13.5. The zero-order valence-corrected chi connectivity index (χ0v) is 22.4. The molecule has 5 heteroatoms. The fourth-order valence-electron chi connectivity index (χ4n) is 3.99. The molecule has 0 heterocycles. The average molecular weight is 443 g/mol. The van der Waals surface area contributed by atoms with Crippen LogP contribution in [-0.2, 0) is 23.0 Å². The van der Waals surface area contributed by atoms with Gasteiger partial charge in [0.15, 0.2) is 0 Å². The molecule has 156 valence electrons. The van der Waals surface area contributed by atoms with Gasteiger partial charge in [0.25, 0.3) is 0 Å². The van der Waals surface area contributed by atoms with Crippen LogP contribution in [0, 0.1) is 0 Å². The van der Waals surface area contributed by atoms with Crippen LogP contribution in [0.3, 0.4) is 0 Å². The Labute approximate surface area is 220 Å². The molecule has 0 saturated carbocycles. The van der Waals surface area contributed by atoms with Gasteiger partial charge in [-0.25, -0.2) is 8.42 Å². The number of unbranched alkanes of at least 4 members (excludes halogenated alkanes) is 8. The van der Waals surface area contributed by atoms with Crippen LogP contribution in [0.25, 0.3) is 10.8 Å². The van der Waals surface area contributed by atoms with Gasteiger partial charge >= 0.3 is 51.4 Å². The third-order valence-corrected chi connectivity index (χ3v) is 6.45. The van der Waals surface area contributed by atoms with Crippen molar-refractivity contribution in [1.82, 2.24) is 0 Å². The first-order valence-electron chi connectivity index (χ1n) is 11.0. The second-order valence-electron chi connectivity index (χ2n) is 7.84. The van der Waals surface area contributed by atoms with Crippen molar-refractivity contribution in [2.24, 2.45) is 0 Å². The fraction of sp³-hybridized carbons (Fsp3) is 0.583.